The molecule has 0 aromatic carbocycles. The monoisotopic (exact) mass is 234 g/mol. The summed E-state index contributed by atoms with van der Waals surface area (Å²) in [5, 5.41) is 11.6. The first kappa shape index (κ1) is 11.7. The van der Waals surface area contributed by atoms with Gasteiger partial charge in [-0.3, -0.25) is 0 Å². The summed E-state index contributed by atoms with van der Waals surface area (Å²) in [6, 6.07) is 5.58. The van der Waals surface area contributed by atoms with Crippen LogP contribution in [0.5, 0.6) is 0 Å². The standard InChI is InChI=1S/C12H18N4O/c1-2-16(8-9-6-7-9)11-5-3-4-10(14-11)12(13)15-17/h3-5,9,17H,2,6-8H2,1H3,(H2,13,15). The molecule has 1 aromatic rings. The first-order chi connectivity index (χ1) is 8.24. The minimum absolute atomic E-state index is 0.0503. The fourth-order valence-corrected chi connectivity index (χ4v) is 1.79. The number of nitrogens with two attached hydrogens (primary N) is 1. The highest BCUT2D eigenvalue weighted by atomic mass is 16.4. The van der Waals surface area contributed by atoms with Crippen LogP contribution in [0.2, 0.25) is 0 Å². The van der Waals surface area contributed by atoms with Crippen LogP contribution in [0.25, 0.3) is 0 Å². The Bertz CT molecular complexity index is 415. The van der Waals surface area contributed by atoms with E-state index in [0.29, 0.717) is 5.69 Å². The Hall–Kier alpha value is -1.78. The lowest BCUT2D eigenvalue weighted by molar-refractivity contribution is 0.318. The Balaban J connectivity index is 2.17. The van der Waals surface area contributed by atoms with E-state index in [2.05, 4.69) is 22.0 Å². The van der Waals surface area contributed by atoms with E-state index in [1.54, 1.807) is 6.07 Å². The van der Waals surface area contributed by atoms with Gasteiger partial charge in [0.05, 0.1) is 0 Å². The maximum atomic E-state index is 8.64. The summed E-state index contributed by atoms with van der Waals surface area (Å²) in [4.78, 5) is 6.63. The number of pyridine rings is 1. The molecule has 0 aliphatic heterocycles. The van der Waals surface area contributed by atoms with Crippen molar-refractivity contribution < 1.29 is 5.21 Å². The van der Waals surface area contributed by atoms with Gasteiger partial charge in [-0.2, -0.15) is 0 Å². The fraction of sp³-hybridized carbons (Fsp3) is 0.500. The Morgan fingerprint density at radius 2 is 2.35 bits per heavy atom. The average molecular weight is 234 g/mol. The summed E-state index contributed by atoms with van der Waals surface area (Å²) in [6.45, 7) is 4.08. The highest BCUT2D eigenvalue weighted by Gasteiger charge is 2.24. The van der Waals surface area contributed by atoms with Crippen LogP contribution in [0.15, 0.2) is 23.4 Å². The smallest absolute Gasteiger partial charge is 0.188 e. The summed E-state index contributed by atoms with van der Waals surface area (Å²) in [5.74, 6) is 1.75. The van der Waals surface area contributed by atoms with Crippen molar-refractivity contribution >= 4 is 11.7 Å². The van der Waals surface area contributed by atoms with Gasteiger partial charge in [0.1, 0.15) is 11.5 Å². The van der Waals surface area contributed by atoms with Crippen LogP contribution in [0.3, 0.4) is 0 Å². The molecule has 0 spiro atoms. The van der Waals surface area contributed by atoms with Gasteiger partial charge in [0.2, 0.25) is 0 Å². The molecule has 0 amide bonds. The topological polar surface area (TPSA) is 74.7 Å². The molecule has 3 N–H and O–H groups in total. The Kier molecular flexibility index (Phi) is 3.46. The van der Waals surface area contributed by atoms with E-state index >= 15 is 0 Å². The first-order valence-electron chi connectivity index (χ1n) is 5.94. The lowest BCUT2D eigenvalue weighted by atomic mass is 10.3. The zero-order valence-electron chi connectivity index (χ0n) is 10.0. The SMILES string of the molecule is CCN(CC1CC1)c1cccc(C(N)=NO)n1. The number of oxime groups is 1. The maximum Gasteiger partial charge on any atom is 0.188 e. The predicted octanol–water partition coefficient (Wildman–Crippen LogP) is 1.41. The van der Waals surface area contributed by atoms with Crippen molar-refractivity contribution in [2.75, 3.05) is 18.0 Å². The van der Waals surface area contributed by atoms with Crippen LogP contribution in [0, 0.1) is 5.92 Å². The summed E-state index contributed by atoms with van der Waals surface area (Å²) in [7, 11) is 0. The van der Waals surface area contributed by atoms with Gasteiger partial charge >= 0.3 is 0 Å². The molecule has 1 aliphatic rings. The van der Waals surface area contributed by atoms with Crippen molar-refractivity contribution in [3.05, 3.63) is 23.9 Å². The van der Waals surface area contributed by atoms with Crippen LogP contribution < -0.4 is 10.6 Å². The van der Waals surface area contributed by atoms with Crippen molar-refractivity contribution in [3.63, 3.8) is 0 Å². The minimum Gasteiger partial charge on any atom is -0.409 e. The summed E-state index contributed by atoms with van der Waals surface area (Å²) >= 11 is 0. The molecule has 1 heterocycles. The lowest BCUT2D eigenvalue weighted by Crippen LogP contribution is -2.27. The van der Waals surface area contributed by atoms with Crippen LogP contribution in [-0.4, -0.2) is 29.1 Å². The van der Waals surface area contributed by atoms with Gasteiger partial charge in [0, 0.05) is 13.1 Å². The largest absolute Gasteiger partial charge is 0.409 e. The average Bonchev–Trinajstić information content (AvgIpc) is 3.19. The first-order valence-corrected chi connectivity index (χ1v) is 5.94. The number of rotatable bonds is 5. The van der Waals surface area contributed by atoms with Gasteiger partial charge in [-0.25, -0.2) is 4.98 Å². The third kappa shape index (κ3) is 2.87. The molecule has 0 radical (unpaired) electrons. The van der Waals surface area contributed by atoms with Crippen molar-refractivity contribution in [3.8, 4) is 0 Å². The predicted molar refractivity (Wildman–Crippen MR) is 67.4 cm³/mol. The zero-order valence-corrected chi connectivity index (χ0v) is 10.0. The molecule has 0 bridgehead atoms. The molecule has 92 valence electrons. The number of anilines is 1. The summed E-state index contributed by atoms with van der Waals surface area (Å²) < 4.78 is 0. The molecule has 1 aromatic heterocycles. The van der Waals surface area contributed by atoms with Gasteiger partial charge in [-0.15, -0.1) is 0 Å². The molecule has 0 unspecified atom stereocenters. The van der Waals surface area contributed by atoms with Crippen molar-refractivity contribution in [2.45, 2.75) is 19.8 Å². The number of hydrogen-bond acceptors (Lipinski definition) is 4. The second-order valence-corrected chi connectivity index (χ2v) is 4.35. The van der Waals surface area contributed by atoms with Gasteiger partial charge < -0.3 is 15.8 Å². The van der Waals surface area contributed by atoms with E-state index in [4.69, 9.17) is 10.9 Å². The van der Waals surface area contributed by atoms with E-state index < -0.39 is 0 Å². The Labute approximate surface area is 101 Å². The molecule has 5 nitrogen and oxygen atoms in total. The second kappa shape index (κ2) is 5.03. The van der Waals surface area contributed by atoms with Crippen LogP contribution in [-0.2, 0) is 0 Å². The van der Waals surface area contributed by atoms with Crippen molar-refractivity contribution in [1.29, 1.82) is 0 Å². The van der Waals surface area contributed by atoms with Crippen molar-refractivity contribution in [2.24, 2.45) is 16.8 Å². The fourth-order valence-electron chi connectivity index (χ4n) is 1.79. The Morgan fingerprint density at radius 3 is 2.94 bits per heavy atom. The molecule has 2 rings (SSSR count). The van der Waals surface area contributed by atoms with Gasteiger partial charge in [0.15, 0.2) is 5.84 Å². The quantitative estimate of drug-likeness (QED) is 0.349. The molecule has 1 saturated carbocycles. The van der Waals surface area contributed by atoms with Gasteiger partial charge in [-0.1, -0.05) is 11.2 Å². The van der Waals surface area contributed by atoms with Crippen LogP contribution in [0.4, 0.5) is 5.82 Å². The van der Waals surface area contributed by atoms with E-state index in [1.807, 2.05) is 12.1 Å². The third-order valence-electron chi connectivity index (χ3n) is 2.99. The molecule has 5 heteroatoms. The van der Waals surface area contributed by atoms with Crippen molar-refractivity contribution in [1.82, 2.24) is 4.98 Å². The second-order valence-electron chi connectivity index (χ2n) is 4.35. The summed E-state index contributed by atoms with van der Waals surface area (Å²) in [5.41, 5.74) is 6.05. The highest BCUT2D eigenvalue weighted by molar-refractivity contribution is 5.95. The molecule has 17 heavy (non-hydrogen) atoms. The van der Waals surface area contributed by atoms with Crippen LogP contribution >= 0.6 is 0 Å². The van der Waals surface area contributed by atoms with Crippen LogP contribution in [0.1, 0.15) is 25.5 Å². The highest BCUT2D eigenvalue weighted by Crippen LogP contribution is 2.30. The number of hydrogen-bond donors (Lipinski definition) is 2. The minimum atomic E-state index is 0.0503. The molecular formula is C12H18N4O. The van der Waals surface area contributed by atoms with E-state index in [-0.39, 0.29) is 5.84 Å². The normalized spacial score (nSPS) is 15.9. The van der Waals surface area contributed by atoms with E-state index in [1.165, 1.54) is 12.8 Å². The molecular weight excluding hydrogens is 216 g/mol. The number of nitrogens with zero attached hydrogens (tertiary/aromatic N) is 3. The van der Waals surface area contributed by atoms with Gasteiger partial charge in [-0.05, 0) is 37.8 Å². The maximum absolute atomic E-state index is 8.64. The number of aromatic nitrogens is 1. The number of amidine groups is 1. The molecule has 1 fully saturated rings. The Morgan fingerprint density at radius 1 is 1.59 bits per heavy atom. The van der Waals surface area contributed by atoms with Gasteiger partial charge in [0.25, 0.3) is 0 Å². The summed E-state index contributed by atoms with van der Waals surface area (Å²) in [6.07, 6.45) is 2.63. The lowest BCUT2D eigenvalue weighted by Gasteiger charge is -2.22. The van der Waals surface area contributed by atoms with E-state index in [0.717, 1.165) is 24.8 Å². The van der Waals surface area contributed by atoms with E-state index in [9.17, 15) is 0 Å². The molecule has 0 saturated heterocycles. The molecule has 0 atom stereocenters. The zero-order chi connectivity index (χ0) is 12.3. The molecule has 1 aliphatic carbocycles. The third-order valence-corrected chi connectivity index (χ3v) is 2.99.